The second-order valence-corrected chi connectivity index (χ2v) is 7.27. The van der Waals surface area contributed by atoms with Crippen molar-refractivity contribution in [3.8, 4) is 0 Å². The summed E-state index contributed by atoms with van der Waals surface area (Å²) in [7, 11) is 0. The van der Waals surface area contributed by atoms with Crippen LogP contribution in [0.4, 0.5) is 0 Å². The minimum Gasteiger partial charge on any atom is -0.416 e. The summed E-state index contributed by atoms with van der Waals surface area (Å²) in [6, 6.07) is -0.228. The number of piperidine rings is 1. The van der Waals surface area contributed by atoms with Gasteiger partial charge in [0, 0.05) is 31.9 Å². The average Bonchev–Trinajstić information content (AvgIpc) is 3.20. The molecule has 0 bridgehead atoms. The van der Waals surface area contributed by atoms with Crippen molar-refractivity contribution in [2.45, 2.75) is 37.3 Å². The van der Waals surface area contributed by atoms with Gasteiger partial charge in [-0.05, 0) is 6.42 Å². The van der Waals surface area contributed by atoms with E-state index < -0.39 is 6.10 Å². The first kappa shape index (κ1) is 17.3. The number of hydrogen-bond acceptors (Lipinski definition) is 9. The number of carbonyl (C=O) groups is 1. The number of β-amino-alcohol motifs (C(OH)–C–C–N with tert-alkyl or cyclic N) is 1. The van der Waals surface area contributed by atoms with Crippen LogP contribution in [0.1, 0.15) is 18.0 Å². The predicted molar refractivity (Wildman–Crippen MR) is 89.7 cm³/mol. The van der Waals surface area contributed by atoms with Crippen LogP contribution in [0, 0.1) is 6.92 Å². The van der Waals surface area contributed by atoms with Crippen molar-refractivity contribution in [3.05, 3.63) is 22.5 Å². The number of amides is 1. The first-order valence-electron chi connectivity index (χ1n) is 7.60. The minimum atomic E-state index is -0.586. The summed E-state index contributed by atoms with van der Waals surface area (Å²) < 4.78 is 5.21. The number of aliphatic hydroxyl groups excluding tert-OH is 1. The number of hydrogen-bond donors (Lipinski definition) is 2. The molecule has 1 saturated heterocycles. The van der Waals surface area contributed by atoms with E-state index in [9.17, 15) is 9.90 Å². The first-order chi connectivity index (χ1) is 11.6. The third kappa shape index (κ3) is 4.76. The molecule has 1 amide bonds. The van der Waals surface area contributed by atoms with E-state index in [1.807, 2.05) is 5.38 Å². The van der Waals surface area contributed by atoms with Gasteiger partial charge in [-0.3, -0.25) is 9.69 Å². The van der Waals surface area contributed by atoms with Crippen LogP contribution in [0.2, 0.25) is 0 Å². The molecule has 0 spiro atoms. The Morgan fingerprint density at radius 1 is 1.58 bits per heavy atom. The van der Waals surface area contributed by atoms with Gasteiger partial charge in [-0.15, -0.1) is 21.5 Å². The minimum absolute atomic E-state index is 0.146. The fourth-order valence-corrected chi connectivity index (χ4v) is 3.73. The molecule has 0 unspecified atom stereocenters. The van der Waals surface area contributed by atoms with Gasteiger partial charge in [-0.2, -0.15) is 0 Å². The number of carbonyl (C=O) groups excluding carboxylic acids is 1. The number of aryl methyl sites for hydroxylation is 1. The number of nitrogens with one attached hydrogen (secondary N) is 1. The van der Waals surface area contributed by atoms with E-state index in [1.54, 1.807) is 23.8 Å². The molecule has 2 atom stereocenters. The van der Waals surface area contributed by atoms with Gasteiger partial charge in [0.2, 0.25) is 11.8 Å². The van der Waals surface area contributed by atoms with Gasteiger partial charge in [-0.25, -0.2) is 4.98 Å². The van der Waals surface area contributed by atoms with E-state index in [1.165, 1.54) is 11.8 Å². The summed E-state index contributed by atoms with van der Waals surface area (Å²) in [5, 5.41) is 23.1. The van der Waals surface area contributed by atoms with Crippen LogP contribution >= 0.6 is 23.1 Å². The molecule has 0 aromatic carbocycles. The van der Waals surface area contributed by atoms with Crippen molar-refractivity contribution in [1.82, 2.24) is 25.4 Å². The van der Waals surface area contributed by atoms with Crippen LogP contribution in [0.5, 0.6) is 0 Å². The van der Waals surface area contributed by atoms with Crippen LogP contribution in [-0.2, 0) is 11.3 Å². The fraction of sp³-hybridized carbons (Fsp3) is 0.571. The van der Waals surface area contributed by atoms with Gasteiger partial charge in [0.05, 0.1) is 29.1 Å². The lowest BCUT2D eigenvalue weighted by Crippen LogP contribution is -2.54. The zero-order valence-electron chi connectivity index (χ0n) is 13.2. The molecule has 3 heterocycles. The molecule has 24 heavy (non-hydrogen) atoms. The molecular weight excluding hydrogens is 350 g/mol. The van der Waals surface area contributed by atoms with Gasteiger partial charge in [0.15, 0.2) is 0 Å². The molecule has 0 aliphatic carbocycles. The number of likely N-dealkylation sites (tertiary alicyclic amines) is 1. The van der Waals surface area contributed by atoms with Crippen molar-refractivity contribution >= 4 is 29.0 Å². The Kier molecular flexibility index (Phi) is 5.82. The van der Waals surface area contributed by atoms with Crippen LogP contribution in [0.25, 0.3) is 0 Å². The Hall–Kier alpha value is -1.49. The highest BCUT2D eigenvalue weighted by Gasteiger charge is 2.29. The van der Waals surface area contributed by atoms with E-state index in [-0.39, 0.29) is 17.7 Å². The smallest absolute Gasteiger partial charge is 0.277 e. The highest BCUT2D eigenvalue weighted by molar-refractivity contribution is 7.99. The zero-order valence-corrected chi connectivity index (χ0v) is 14.8. The molecule has 130 valence electrons. The molecule has 10 heteroatoms. The van der Waals surface area contributed by atoms with E-state index in [0.717, 1.165) is 18.8 Å². The summed E-state index contributed by atoms with van der Waals surface area (Å²) in [6.07, 6.45) is 0.124. The summed E-state index contributed by atoms with van der Waals surface area (Å²) >= 11 is 2.76. The van der Waals surface area contributed by atoms with Gasteiger partial charge in [0.1, 0.15) is 0 Å². The Labute approximate surface area is 147 Å². The van der Waals surface area contributed by atoms with Crippen LogP contribution in [0.15, 0.2) is 20.5 Å². The maximum Gasteiger partial charge on any atom is 0.277 e. The lowest BCUT2D eigenvalue weighted by molar-refractivity contribution is -0.120. The number of thioether (sulfide) groups is 1. The van der Waals surface area contributed by atoms with Crippen LogP contribution < -0.4 is 5.32 Å². The van der Waals surface area contributed by atoms with E-state index in [2.05, 4.69) is 25.4 Å². The molecule has 2 aromatic rings. The van der Waals surface area contributed by atoms with E-state index in [0.29, 0.717) is 24.1 Å². The summed E-state index contributed by atoms with van der Waals surface area (Å²) in [5.41, 5.74) is 2.82. The average molecular weight is 369 g/mol. The SMILES string of the molecule is Cc1nnc(SCC(=O)N[C@@H]2CCN(Cc3cscn3)C[C@H]2O)o1. The molecule has 1 aliphatic heterocycles. The Morgan fingerprint density at radius 2 is 2.46 bits per heavy atom. The lowest BCUT2D eigenvalue weighted by Gasteiger charge is -2.35. The number of rotatable bonds is 6. The van der Waals surface area contributed by atoms with Gasteiger partial charge in [-0.1, -0.05) is 11.8 Å². The zero-order chi connectivity index (χ0) is 16.9. The summed E-state index contributed by atoms with van der Waals surface area (Å²) in [5.74, 6) is 0.515. The van der Waals surface area contributed by atoms with Gasteiger partial charge in [0.25, 0.3) is 5.22 Å². The normalized spacial score (nSPS) is 21.8. The Balaban J connectivity index is 1.42. The second-order valence-electron chi connectivity index (χ2n) is 5.62. The molecule has 2 aromatic heterocycles. The monoisotopic (exact) mass is 369 g/mol. The highest BCUT2D eigenvalue weighted by atomic mass is 32.2. The largest absolute Gasteiger partial charge is 0.416 e. The van der Waals surface area contributed by atoms with Crippen LogP contribution in [-0.4, -0.2) is 62.1 Å². The number of aliphatic hydroxyl groups is 1. The third-order valence-corrected chi connectivity index (χ3v) is 5.17. The maximum atomic E-state index is 12.0. The van der Waals surface area contributed by atoms with E-state index >= 15 is 0 Å². The van der Waals surface area contributed by atoms with Crippen LogP contribution in [0.3, 0.4) is 0 Å². The first-order valence-corrected chi connectivity index (χ1v) is 9.53. The van der Waals surface area contributed by atoms with Gasteiger partial charge >= 0.3 is 0 Å². The molecule has 1 aliphatic rings. The van der Waals surface area contributed by atoms with Crippen molar-refractivity contribution in [1.29, 1.82) is 0 Å². The molecular formula is C14H19N5O3S2. The second kappa shape index (κ2) is 8.06. The lowest BCUT2D eigenvalue weighted by atomic mass is 10.0. The fourth-order valence-electron chi connectivity index (χ4n) is 2.57. The molecule has 0 saturated carbocycles. The van der Waals surface area contributed by atoms with Crippen molar-refractivity contribution in [2.75, 3.05) is 18.8 Å². The topological polar surface area (TPSA) is 104 Å². The van der Waals surface area contributed by atoms with E-state index in [4.69, 9.17) is 4.42 Å². The molecule has 3 rings (SSSR count). The number of nitrogens with zero attached hydrogens (tertiary/aromatic N) is 4. The van der Waals surface area contributed by atoms with Crippen molar-refractivity contribution < 1.29 is 14.3 Å². The number of thiazole rings is 1. The Bertz CT molecular complexity index is 663. The highest BCUT2D eigenvalue weighted by Crippen LogP contribution is 2.17. The maximum absolute atomic E-state index is 12.0. The predicted octanol–water partition coefficient (Wildman–Crippen LogP) is 0.678. The molecule has 2 N–H and O–H groups in total. The van der Waals surface area contributed by atoms with Gasteiger partial charge < -0.3 is 14.8 Å². The van der Waals surface area contributed by atoms with Crippen molar-refractivity contribution in [2.24, 2.45) is 0 Å². The number of aromatic nitrogens is 3. The third-order valence-electron chi connectivity index (χ3n) is 3.72. The quantitative estimate of drug-likeness (QED) is 0.716. The molecule has 1 fully saturated rings. The standard InChI is InChI=1S/C14H19N5O3S2/c1-9-17-18-14(22-9)24-7-13(21)16-11-2-3-19(5-12(11)20)4-10-6-23-8-15-10/h6,8,11-12,20H,2-5,7H2,1H3,(H,16,21)/t11-,12-/m1/s1. The Morgan fingerprint density at radius 3 is 3.12 bits per heavy atom. The summed E-state index contributed by atoms with van der Waals surface area (Å²) in [6.45, 7) is 3.77. The summed E-state index contributed by atoms with van der Waals surface area (Å²) in [4.78, 5) is 18.4. The van der Waals surface area contributed by atoms with Crippen molar-refractivity contribution in [3.63, 3.8) is 0 Å². The molecule has 8 nitrogen and oxygen atoms in total. The molecule has 0 radical (unpaired) electrons.